The summed E-state index contributed by atoms with van der Waals surface area (Å²) >= 11 is 5.95. The SMILES string of the molecule is O=S(=O)(c1ccccc1)N1N=C(c2ccc(Cl)cc2)C[C@@H]1c1ccco1. The molecule has 0 unspecified atom stereocenters. The summed E-state index contributed by atoms with van der Waals surface area (Å²) in [7, 11) is -3.80. The molecule has 0 spiro atoms. The van der Waals surface area contributed by atoms with Crippen molar-refractivity contribution in [2.24, 2.45) is 5.10 Å². The maximum atomic E-state index is 13.1. The Kier molecular flexibility index (Phi) is 4.30. The van der Waals surface area contributed by atoms with E-state index in [0.29, 0.717) is 22.9 Å². The van der Waals surface area contributed by atoms with Gasteiger partial charge >= 0.3 is 0 Å². The third kappa shape index (κ3) is 3.02. The monoisotopic (exact) mass is 386 g/mol. The molecule has 2 heterocycles. The van der Waals surface area contributed by atoms with Gasteiger partial charge in [0, 0.05) is 11.4 Å². The van der Waals surface area contributed by atoms with Gasteiger partial charge in [0.15, 0.2) is 0 Å². The highest BCUT2D eigenvalue weighted by Gasteiger charge is 2.39. The fourth-order valence-corrected chi connectivity index (χ4v) is 4.48. The summed E-state index contributed by atoms with van der Waals surface area (Å²) in [6, 6.07) is 18.4. The predicted octanol–water partition coefficient (Wildman–Crippen LogP) is 4.47. The van der Waals surface area contributed by atoms with Crippen molar-refractivity contribution >= 4 is 27.3 Å². The van der Waals surface area contributed by atoms with Crippen molar-refractivity contribution in [2.75, 3.05) is 0 Å². The highest BCUT2D eigenvalue weighted by Crippen LogP contribution is 2.37. The van der Waals surface area contributed by atoms with Crippen LogP contribution in [0.25, 0.3) is 0 Å². The molecule has 1 atom stereocenters. The molecule has 0 N–H and O–H groups in total. The van der Waals surface area contributed by atoms with E-state index < -0.39 is 16.1 Å². The maximum absolute atomic E-state index is 13.1. The zero-order valence-corrected chi connectivity index (χ0v) is 15.2. The highest BCUT2D eigenvalue weighted by atomic mass is 35.5. The second kappa shape index (κ2) is 6.63. The Morgan fingerprint density at radius 2 is 1.73 bits per heavy atom. The second-order valence-electron chi connectivity index (χ2n) is 5.88. The molecule has 132 valence electrons. The van der Waals surface area contributed by atoms with E-state index in [1.807, 2.05) is 12.1 Å². The van der Waals surface area contributed by atoms with Gasteiger partial charge in [0.05, 0.1) is 16.9 Å². The van der Waals surface area contributed by atoms with Crippen LogP contribution in [0.4, 0.5) is 0 Å². The quantitative estimate of drug-likeness (QED) is 0.664. The molecule has 3 aromatic rings. The molecular formula is C19H15ClN2O3S. The van der Waals surface area contributed by atoms with Crippen LogP contribution >= 0.6 is 11.6 Å². The Morgan fingerprint density at radius 1 is 1.00 bits per heavy atom. The normalized spacial score (nSPS) is 17.3. The molecule has 2 aromatic carbocycles. The largest absolute Gasteiger partial charge is 0.467 e. The molecule has 0 bridgehead atoms. The van der Waals surface area contributed by atoms with E-state index in [0.717, 1.165) is 9.98 Å². The Bertz CT molecular complexity index is 1030. The van der Waals surface area contributed by atoms with Crippen LogP contribution in [0.3, 0.4) is 0 Å². The van der Waals surface area contributed by atoms with Crippen LogP contribution in [0, 0.1) is 0 Å². The van der Waals surface area contributed by atoms with Gasteiger partial charge in [-0.05, 0) is 42.0 Å². The number of hydrazone groups is 1. The number of nitrogens with zero attached hydrogens (tertiary/aromatic N) is 2. The van der Waals surface area contributed by atoms with Crippen molar-refractivity contribution in [1.29, 1.82) is 0 Å². The lowest BCUT2D eigenvalue weighted by Gasteiger charge is -2.21. The lowest BCUT2D eigenvalue weighted by atomic mass is 10.0. The van der Waals surface area contributed by atoms with Crippen LogP contribution in [0.15, 0.2) is 87.4 Å². The molecule has 0 aliphatic carbocycles. The molecule has 26 heavy (non-hydrogen) atoms. The van der Waals surface area contributed by atoms with Crippen LogP contribution in [0.2, 0.25) is 5.02 Å². The van der Waals surface area contributed by atoms with E-state index in [2.05, 4.69) is 5.10 Å². The Morgan fingerprint density at radius 3 is 2.38 bits per heavy atom. The number of furan rings is 1. The van der Waals surface area contributed by atoms with Gasteiger partial charge in [-0.15, -0.1) is 0 Å². The fourth-order valence-electron chi connectivity index (χ4n) is 2.92. The van der Waals surface area contributed by atoms with Gasteiger partial charge in [-0.1, -0.05) is 41.9 Å². The van der Waals surface area contributed by atoms with Crippen molar-refractivity contribution in [3.8, 4) is 0 Å². The lowest BCUT2D eigenvalue weighted by Crippen LogP contribution is -2.27. The topological polar surface area (TPSA) is 62.9 Å². The number of rotatable bonds is 4. The summed E-state index contributed by atoms with van der Waals surface area (Å²) in [6.07, 6.45) is 1.95. The van der Waals surface area contributed by atoms with Crippen LogP contribution < -0.4 is 0 Å². The van der Waals surface area contributed by atoms with Gasteiger partial charge in [0.2, 0.25) is 0 Å². The van der Waals surface area contributed by atoms with E-state index in [-0.39, 0.29) is 4.90 Å². The Labute approximate surface area is 156 Å². The fraction of sp³-hybridized carbons (Fsp3) is 0.105. The maximum Gasteiger partial charge on any atom is 0.279 e. The zero-order valence-electron chi connectivity index (χ0n) is 13.6. The number of sulfonamides is 1. The van der Waals surface area contributed by atoms with Crippen molar-refractivity contribution < 1.29 is 12.8 Å². The summed E-state index contributed by atoms with van der Waals surface area (Å²) in [5, 5.41) is 5.05. The highest BCUT2D eigenvalue weighted by molar-refractivity contribution is 7.89. The van der Waals surface area contributed by atoms with Gasteiger partial charge in [0.25, 0.3) is 10.0 Å². The van der Waals surface area contributed by atoms with Crippen LogP contribution in [0.1, 0.15) is 23.8 Å². The van der Waals surface area contributed by atoms with E-state index in [9.17, 15) is 8.42 Å². The van der Waals surface area contributed by atoms with E-state index >= 15 is 0 Å². The van der Waals surface area contributed by atoms with Gasteiger partial charge in [-0.2, -0.15) is 17.9 Å². The van der Waals surface area contributed by atoms with E-state index in [4.69, 9.17) is 16.0 Å². The van der Waals surface area contributed by atoms with Crippen LogP contribution in [0.5, 0.6) is 0 Å². The third-order valence-corrected chi connectivity index (χ3v) is 6.16. The molecule has 0 saturated heterocycles. The molecule has 4 rings (SSSR count). The van der Waals surface area contributed by atoms with Gasteiger partial charge in [0.1, 0.15) is 11.8 Å². The summed E-state index contributed by atoms with van der Waals surface area (Å²) in [4.78, 5) is 0.192. The standard InChI is InChI=1S/C19H15ClN2O3S/c20-15-10-8-14(9-11-15)17-13-18(19-7-4-12-25-19)22(21-17)26(23,24)16-5-2-1-3-6-16/h1-12,18H,13H2/t18-/m1/s1. The number of hydrogen-bond donors (Lipinski definition) is 0. The molecular weight excluding hydrogens is 372 g/mol. The smallest absolute Gasteiger partial charge is 0.279 e. The number of benzene rings is 2. The Balaban J connectivity index is 1.78. The number of hydrogen-bond acceptors (Lipinski definition) is 4. The minimum absolute atomic E-state index is 0.192. The Hall–Kier alpha value is -2.57. The van der Waals surface area contributed by atoms with Crippen molar-refractivity contribution in [1.82, 2.24) is 4.41 Å². The first-order chi connectivity index (χ1) is 12.6. The predicted molar refractivity (Wildman–Crippen MR) is 99.5 cm³/mol. The first-order valence-corrected chi connectivity index (χ1v) is 9.84. The van der Waals surface area contributed by atoms with E-state index in [1.54, 1.807) is 54.6 Å². The summed E-state index contributed by atoms with van der Waals surface area (Å²) < 4.78 is 32.9. The van der Waals surface area contributed by atoms with E-state index in [1.165, 1.54) is 6.26 Å². The average molecular weight is 387 g/mol. The average Bonchev–Trinajstić information content (AvgIpc) is 3.33. The molecule has 0 fully saturated rings. The zero-order chi connectivity index (χ0) is 18.1. The first-order valence-electron chi connectivity index (χ1n) is 8.02. The minimum atomic E-state index is -3.80. The summed E-state index contributed by atoms with van der Waals surface area (Å²) in [5.74, 6) is 0.553. The lowest BCUT2D eigenvalue weighted by molar-refractivity contribution is 0.320. The molecule has 0 amide bonds. The minimum Gasteiger partial charge on any atom is -0.467 e. The van der Waals surface area contributed by atoms with Crippen LogP contribution in [-0.4, -0.2) is 18.5 Å². The second-order valence-corrected chi connectivity index (χ2v) is 8.11. The van der Waals surface area contributed by atoms with Crippen molar-refractivity contribution in [2.45, 2.75) is 17.4 Å². The van der Waals surface area contributed by atoms with Crippen molar-refractivity contribution in [3.05, 3.63) is 89.3 Å². The third-order valence-electron chi connectivity index (χ3n) is 4.21. The molecule has 1 aliphatic rings. The summed E-state index contributed by atoms with van der Waals surface area (Å²) in [5.41, 5.74) is 1.50. The van der Waals surface area contributed by atoms with Gasteiger partial charge in [-0.3, -0.25) is 0 Å². The number of halogens is 1. The first kappa shape index (κ1) is 16.9. The molecule has 0 saturated carbocycles. The summed E-state index contributed by atoms with van der Waals surface area (Å²) in [6.45, 7) is 0. The molecule has 5 nitrogen and oxygen atoms in total. The molecule has 7 heteroatoms. The molecule has 1 aromatic heterocycles. The van der Waals surface area contributed by atoms with Crippen LogP contribution in [-0.2, 0) is 10.0 Å². The van der Waals surface area contributed by atoms with Gasteiger partial charge in [-0.25, -0.2) is 0 Å². The van der Waals surface area contributed by atoms with Crippen molar-refractivity contribution in [3.63, 3.8) is 0 Å². The molecule has 1 aliphatic heterocycles. The molecule has 0 radical (unpaired) electrons. The van der Waals surface area contributed by atoms with Gasteiger partial charge < -0.3 is 4.42 Å².